The maximum Gasteiger partial charge on any atom is 0.259 e. The molecule has 0 aliphatic carbocycles. The number of carbonyl (C=O) groups is 2. The molecule has 0 radical (unpaired) electrons. The minimum atomic E-state index is -0.505. The third-order valence-corrected chi connectivity index (χ3v) is 3.93. The van der Waals surface area contributed by atoms with E-state index in [1.54, 1.807) is 62.7 Å². The highest BCUT2D eigenvalue weighted by atomic mass is 16.3. The number of primary amides is 1. The highest BCUT2D eigenvalue weighted by molar-refractivity contribution is 6.06. The molecule has 0 saturated heterocycles. The first kappa shape index (κ1) is 16.4. The number of nitrogens with two attached hydrogens (primary N) is 1. The second-order valence-electron chi connectivity index (χ2n) is 5.58. The maximum atomic E-state index is 12.8. The monoisotopic (exact) mass is 335 g/mol. The highest BCUT2D eigenvalue weighted by Crippen LogP contribution is 2.22. The van der Waals surface area contributed by atoms with Crippen LogP contribution in [0.3, 0.4) is 0 Å². The van der Waals surface area contributed by atoms with Crippen LogP contribution in [0.5, 0.6) is 0 Å². The molecule has 0 atom stereocenters. The Morgan fingerprint density at radius 2 is 1.80 bits per heavy atom. The molecule has 126 valence electrons. The van der Waals surface area contributed by atoms with Gasteiger partial charge in [-0.25, -0.2) is 4.98 Å². The number of aryl methyl sites for hydroxylation is 1. The summed E-state index contributed by atoms with van der Waals surface area (Å²) < 4.78 is 5.33. The van der Waals surface area contributed by atoms with E-state index in [2.05, 4.69) is 4.98 Å². The van der Waals surface area contributed by atoms with Gasteiger partial charge in [-0.05, 0) is 55.5 Å². The zero-order valence-corrected chi connectivity index (χ0v) is 13.9. The average Bonchev–Trinajstić information content (AvgIpc) is 3.15. The van der Waals surface area contributed by atoms with Crippen molar-refractivity contribution in [3.05, 3.63) is 71.6 Å². The Balaban J connectivity index is 1.85. The number of pyridine rings is 1. The molecule has 0 saturated carbocycles. The molecule has 0 unspecified atom stereocenters. The number of furan rings is 1. The molecule has 0 bridgehead atoms. The van der Waals surface area contributed by atoms with Crippen molar-refractivity contribution in [2.45, 2.75) is 6.92 Å². The third-order valence-electron chi connectivity index (χ3n) is 3.93. The van der Waals surface area contributed by atoms with Crippen LogP contribution in [0.15, 0.2) is 59.2 Å². The van der Waals surface area contributed by atoms with Crippen LogP contribution in [-0.2, 0) is 0 Å². The lowest BCUT2D eigenvalue weighted by Gasteiger charge is -2.18. The number of carbonyl (C=O) groups excluding carboxylic acids is 2. The van der Waals surface area contributed by atoms with Gasteiger partial charge in [0.1, 0.15) is 5.69 Å². The molecule has 0 aliphatic rings. The number of amides is 2. The third kappa shape index (κ3) is 3.28. The van der Waals surface area contributed by atoms with Crippen molar-refractivity contribution in [3.8, 4) is 11.5 Å². The van der Waals surface area contributed by atoms with E-state index in [1.807, 2.05) is 6.07 Å². The van der Waals surface area contributed by atoms with Gasteiger partial charge < -0.3 is 15.1 Å². The Morgan fingerprint density at radius 3 is 2.36 bits per heavy atom. The Morgan fingerprint density at radius 1 is 1.08 bits per heavy atom. The topological polar surface area (TPSA) is 89.4 Å². The van der Waals surface area contributed by atoms with E-state index in [0.717, 1.165) is 0 Å². The van der Waals surface area contributed by atoms with Gasteiger partial charge in [-0.15, -0.1) is 0 Å². The summed E-state index contributed by atoms with van der Waals surface area (Å²) in [5.41, 5.74) is 8.06. The molecule has 0 fully saturated rings. The first-order chi connectivity index (χ1) is 12.0. The number of benzene rings is 1. The second kappa shape index (κ2) is 6.60. The van der Waals surface area contributed by atoms with Crippen molar-refractivity contribution < 1.29 is 14.0 Å². The highest BCUT2D eigenvalue weighted by Gasteiger charge is 2.17. The van der Waals surface area contributed by atoms with Crippen molar-refractivity contribution in [2.75, 3.05) is 11.9 Å². The van der Waals surface area contributed by atoms with E-state index < -0.39 is 5.91 Å². The Hall–Kier alpha value is -3.41. The maximum absolute atomic E-state index is 12.8. The van der Waals surface area contributed by atoms with Crippen molar-refractivity contribution in [2.24, 2.45) is 5.73 Å². The first-order valence-corrected chi connectivity index (χ1v) is 7.67. The molecule has 0 spiro atoms. The van der Waals surface area contributed by atoms with Crippen molar-refractivity contribution in [1.82, 2.24) is 4.98 Å². The summed E-state index contributed by atoms with van der Waals surface area (Å²) in [7, 11) is 1.67. The summed E-state index contributed by atoms with van der Waals surface area (Å²) in [6.45, 7) is 1.78. The van der Waals surface area contributed by atoms with E-state index in [4.69, 9.17) is 10.2 Å². The van der Waals surface area contributed by atoms with Crippen LogP contribution < -0.4 is 10.6 Å². The summed E-state index contributed by atoms with van der Waals surface area (Å²) >= 11 is 0. The van der Waals surface area contributed by atoms with E-state index in [9.17, 15) is 9.59 Å². The van der Waals surface area contributed by atoms with Crippen LogP contribution in [0.1, 0.15) is 26.4 Å². The summed E-state index contributed by atoms with van der Waals surface area (Å²) in [6.07, 6.45) is 1.58. The average molecular weight is 335 g/mol. The minimum Gasteiger partial charge on any atom is -0.463 e. The Kier molecular flexibility index (Phi) is 4.35. The van der Waals surface area contributed by atoms with Crippen LogP contribution in [0.2, 0.25) is 0 Å². The molecule has 3 aromatic rings. The molecular weight excluding hydrogens is 318 g/mol. The van der Waals surface area contributed by atoms with Gasteiger partial charge >= 0.3 is 0 Å². The smallest absolute Gasteiger partial charge is 0.259 e. The summed E-state index contributed by atoms with van der Waals surface area (Å²) in [4.78, 5) is 29.8. The van der Waals surface area contributed by atoms with Crippen LogP contribution >= 0.6 is 0 Å². The SMILES string of the molecule is Cc1nc(-c2ccco2)ccc1C(=O)N(C)c1ccc(C(N)=O)cc1. The van der Waals surface area contributed by atoms with Crippen molar-refractivity contribution in [3.63, 3.8) is 0 Å². The van der Waals surface area contributed by atoms with Gasteiger partial charge in [0.25, 0.3) is 5.91 Å². The number of nitrogens with zero attached hydrogens (tertiary/aromatic N) is 2. The van der Waals surface area contributed by atoms with Crippen LogP contribution in [0.4, 0.5) is 5.69 Å². The number of aromatic nitrogens is 1. The number of hydrogen-bond donors (Lipinski definition) is 1. The lowest BCUT2D eigenvalue weighted by atomic mass is 10.1. The molecule has 6 nitrogen and oxygen atoms in total. The van der Waals surface area contributed by atoms with Crippen LogP contribution in [0.25, 0.3) is 11.5 Å². The minimum absolute atomic E-state index is 0.192. The number of anilines is 1. The second-order valence-corrected chi connectivity index (χ2v) is 5.58. The fourth-order valence-electron chi connectivity index (χ4n) is 2.50. The van der Waals surface area contributed by atoms with E-state index in [0.29, 0.717) is 34.0 Å². The molecule has 2 aromatic heterocycles. The van der Waals surface area contributed by atoms with Gasteiger partial charge in [-0.1, -0.05) is 0 Å². The van der Waals surface area contributed by atoms with Gasteiger partial charge in [-0.2, -0.15) is 0 Å². The van der Waals surface area contributed by atoms with Gasteiger partial charge in [0.2, 0.25) is 5.91 Å². The fraction of sp³-hybridized carbons (Fsp3) is 0.105. The molecule has 2 heterocycles. The zero-order valence-electron chi connectivity index (χ0n) is 13.9. The van der Waals surface area contributed by atoms with Gasteiger partial charge in [0.15, 0.2) is 5.76 Å². The summed E-state index contributed by atoms with van der Waals surface area (Å²) in [5, 5.41) is 0. The first-order valence-electron chi connectivity index (χ1n) is 7.67. The number of hydrogen-bond acceptors (Lipinski definition) is 4. The Bertz CT molecular complexity index is 916. The van der Waals surface area contributed by atoms with E-state index in [1.165, 1.54) is 4.90 Å². The zero-order chi connectivity index (χ0) is 18.0. The lowest BCUT2D eigenvalue weighted by Crippen LogP contribution is -2.27. The molecule has 3 rings (SSSR count). The molecular formula is C19H17N3O3. The Labute approximate surface area is 144 Å². The molecule has 2 amide bonds. The summed E-state index contributed by atoms with van der Waals surface area (Å²) in [5.74, 6) is -0.0468. The summed E-state index contributed by atoms with van der Waals surface area (Å²) in [6, 6.07) is 13.6. The lowest BCUT2D eigenvalue weighted by molar-refractivity contribution is 0.0988. The molecule has 25 heavy (non-hydrogen) atoms. The van der Waals surface area contributed by atoms with E-state index >= 15 is 0 Å². The van der Waals surface area contributed by atoms with Crippen molar-refractivity contribution >= 4 is 17.5 Å². The standard InChI is InChI=1S/C19H17N3O3/c1-12-15(9-10-16(21-12)17-4-3-11-25-17)19(24)22(2)14-7-5-13(6-8-14)18(20)23/h3-11H,1-2H3,(H2,20,23). The molecule has 6 heteroatoms. The predicted octanol–water partition coefficient (Wildman–Crippen LogP) is 3.03. The van der Waals surface area contributed by atoms with E-state index in [-0.39, 0.29) is 5.91 Å². The largest absolute Gasteiger partial charge is 0.463 e. The van der Waals surface area contributed by atoms with Gasteiger partial charge in [-0.3, -0.25) is 9.59 Å². The van der Waals surface area contributed by atoms with Gasteiger partial charge in [0.05, 0.1) is 17.5 Å². The molecule has 0 aliphatic heterocycles. The van der Waals surface area contributed by atoms with Crippen LogP contribution in [0, 0.1) is 6.92 Å². The van der Waals surface area contributed by atoms with Crippen molar-refractivity contribution in [1.29, 1.82) is 0 Å². The van der Waals surface area contributed by atoms with Gasteiger partial charge in [0, 0.05) is 18.3 Å². The quantitative estimate of drug-likeness (QED) is 0.793. The molecule has 2 N–H and O–H groups in total. The number of rotatable bonds is 4. The normalized spacial score (nSPS) is 10.5. The predicted molar refractivity (Wildman–Crippen MR) is 94.4 cm³/mol. The fourth-order valence-corrected chi connectivity index (χ4v) is 2.50. The molecule has 1 aromatic carbocycles. The van der Waals surface area contributed by atoms with Crippen LogP contribution in [-0.4, -0.2) is 23.8 Å².